The van der Waals surface area contributed by atoms with E-state index in [9.17, 15) is 8.78 Å². The summed E-state index contributed by atoms with van der Waals surface area (Å²) in [6.07, 6.45) is 3.97. The third-order valence-corrected chi connectivity index (χ3v) is 5.52. The molecule has 1 aliphatic rings. The van der Waals surface area contributed by atoms with Crippen LogP contribution in [0.1, 0.15) is 31.7 Å². The van der Waals surface area contributed by atoms with E-state index in [1.165, 1.54) is 0 Å². The SMILES string of the molecule is Cn1nccc1Nc1nccc(-c2ccc3c(c2)nnn3C2CCC(F)(F)CC2)n1. The van der Waals surface area contributed by atoms with Crippen molar-refractivity contribution >= 4 is 22.8 Å². The molecule has 1 aromatic carbocycles. The predicted octanol–water partition coefficient (Wildman–Crippen LogP) is 4.12. The summed E-state index contributed by atoms with van der Waals surface area (Å²) >= 11 is 0. The Hall–Kier alpha value is -3.43. The summed E-state index contributed by atoms with van der Waals surface area (Å²) in [4.78, 5) is 8.84. The molecule has 0 unspecified atom stereocenters. The third-order valence-electron chi connectivity index (χ3n) is 5.52. The van der Waals surface area contributed by atoms with Gasteiger partial charge >= 0.3 is 0 Å². The summed E-state index contributed by atoms with van der Waals surface area (Å²) in [5.74, 6) is -1.32. The lowest BCUT2D eigenvalue weighted by Gasteiger charge is -2.28. The molecule has 0 radical (unpaired) electrons. The topological polar surface area (TPSA) is 86.3 Å². The number of aromatic nitrogens is 7. The van der Waals surface area contributed by atoms with Crippen LogP contribution in [0.5, 0.6) is 0 Å². The van der Waals surface area contributed by atoms with Gasteiger partial charge < -0.3 is 5.32 Å². The Morgan fingerprint density at radius 3 is 2.70 bits per heavy atom. The molecule has 0 spiro atoms. The van der Waals surface area contributed by atoms with Gasteiger partial charge in [-0.3, -0.25) is 4.68 Å². The fourth-order valence-corrected chi connectivity index (χ4v) is 3.83. The zero-order valence-corrected chi connectivity index (χ0v) is 16.3. The first-order valence-electron chi connectivity index (χ1n) is 9.80. The van der Waals surface area contributed by atoms with E-state index in [1.807, 2.05) is 37.4 Å². The third kappa shape index (κ3) is 3.49. The van der Waals surface area contributed by atoms with Gasteiger partial charge in [0.05, 0.1) is 23.4 Å². The normalized spacial score (nSPS) is 16.8. The highest BCUT2D eigenvalue weighted by molar-refractivity contribution is 5.80. The van der Waals surface area contributed by atoms with Crippen LogP contribution in [0.3, 0.4) is 0 Å². The number of hydrogen-bond donors (Lipinski definition) is 1. The molecule has 30 heavy (non-hydrogen) atoms. The van der Waals surface area contributed by atoms with Crippen LogP contribution in [0.15, 0.2) is 42.7 Å². The number of fused-ring (bicyclic) bond motifs is 1. The second kappa shape index (κ2) is 7.12. The van der Waals surface area contributed by atoms with Gasteiger partial charge in [-0.1, -0.05) is 11.3 Å². The number of hydrogen-bond acceptors (Lipinski definition) is 6. The molecule has 0 amide bonds. The van der Waals surface area contributed by atoms with Gasteiger partial charge in [0.25, 0.3) is 0 Å². The van der Waals surface area contributed by atoms with Crippen molar-refractivity contribution < 1.29 is 8.78 Å². The van der Waals surface area contributed by atoms with Crippen LogP contribution in [-0.2, 0) is 7.05 Å². The highest BCUT2D eigenvalue weighted by Gasteiger charge is 2.36. The number of anilines is 2. The van der Waals surface area contributed by atoms with Crippen molar-refractivity contribution in [1.82, 2.24) is 34.7 Å². The first kappa shape index (κ1) is 18.6. The van der Waals surface area contributed by atoms with Gasteiger partial charge in [0, 0.05) is 37.7 Å². The molecule has 10 heteroatoms. The van der Waals surface area contributed by atoms with Crippen LogP contribution < -0.4 is 5.32 Å². The van der Waals surface area contributed by atoms with Gasteiger partial charge in [-0.2, -0.15) is 5.10 Å². The van der Waals surface area contributed by atoms with E-state index in [-0.39, 0.29) is 18.9 Å². The molecule has 0 bridgehead atoms. The molecule has 1 fully saturated rings. The average Bonchev–Trinajstić information content (AvgIpc) is 3.34. The molecular weight excluding hydrogens is 390 g/mol. The lowest BCUT2D eigenvalue weighted by molar-refractivity contribution is -0.0447. The van der Waals surface area contributed by atoms with E-state index >= 15 is 0 Å². The van der Waals surface area contributed by atoms with Gasteiger partial charge in [-0.05, 0) is 31.0 Å². The van der Waals surface area contributed by atoms with Crippen LogP contribution in [0.2, 0.25) is 0 Å². The molecule has 1 aliphatic carbocycles. The summed E-state index contributed by atoms with van der Waals surface area (Å²) in [6.45, 7) is 0. The quantitative estimate of drug-likeness (QED) is 0.545. The lowest BCUT2D eigenvalue weighted by Crippen LogP contribution is -2.26. The number of alkyl halides is 2. The summed E-state index contributed by atoms with van der Waals surface area (Å²) in [5.41, 5.74) is 3.17. The Labute approximate surface area is 170 Å². The number of benzene rings is 1. The number of aryl methyl sites for hydroxylation is 1. The molecule has 0 atom stereocenters. The van der Waals surface area contributed by atoms with E-state index in [0.717, 1.165) is 22.6 Å². The van der Waals surface area contributed by atoms with Crippen molar-refractivity contribution in [3.05, 3.63) is 42.7 Å². The van der Waals surface area contributed by atoms with Crippen molar-refractivity contribution in [2.24, 2.45) is 7.05 Å². The maximum Gasteiger partial charge on any atom is 0.248 e. The van der Waals surface area contributed by atoms with Crippen LogP contribution in [0.4, 0.5) is 20.5 Å². The Morgan fingerprint density at radius 2 is 1.93 bits per heavy atom. The minimum atomic E-state index is -2.56. The van der Waals surface area contributed by atoms with Crippen molar-refractivity contribution in [3.8, 4) is 11.3 Å². The maximum atomic E-state index is 13.5. The minimum Gasteiger partial charge on any atom is -0.309 e. The summed E-state index contributed by atoms with van der Waals surface area (Å²) in [6, 6.07) is 9.38. The summed E-state index contributed by atoms with van der Waals surface area (Å²) in [5, 5.41) is 15.8. The van der Waals surface area contributed by atoms with Crippen molar-refractivity contribution in [1.29, 1.82) is 0 Å². The lowest BCUT2D eigenvalue weighted by atomic mass is 9.92. The van der Waals surface area contributed by atoms with Crippen molar-refractivity contribution in [2.45, 2.75) is 37.6 Å². The van der Waals surface area contributed by atoms with E-state index in [1.54, 1.807) is 21.8 Å². The molecule has 154 valence electrons. The molecule has 1 saturated carbocycles. The molecule has 0 saturated heterocycles. The molecule has 0 aliphatic heterocycles. The Kier molecular flexibility index (Phi) is 4.41. The Bertz CT molecular complexity index is 1190. The molecule has 8 nitrogen and oxygen atoms in total. The fraction of sp³-hybridized carbons (Fsp3) is 0.350. The Balaban J connectivity index is 1.41. The monoisotopic (exact) mass is 410 g/mol. The molecule has 4 aromatic rings. The summed E-state index contributed by atoms with van der Waals surface area (Å²) < 4.78 is 30.4. The second-order valence-electron chi connectivity index (χ2n) is 7.56. The van der Waals surface area contributed by atoms with E-state index in [0.29, 0.717) is 24.3 Å². The van der Waals surface area contributed by atoms with Gasteiger partial charge in [0.2, 0.25) is 11.9 Å². The van der Waals surface area contributed by atoms with Gasteiger partial charge in [-0.15, -0.1) is 5.10 Å². The molecule has 1 N–H and O–H groups in total. The highest BCUT2D eigenvalue weighted by atomic mass is 19.3. The first-order chi connectivity index (χ1) is 14.5. The van der Waals surface area contributed by atoms with E-state index in [2.05, 4.69) is 30.7 Å². The Morgan fingerprint density at radius 1 is 1.10 bits per heavy atom. The van der Waals surface area contributed by atoms with Gasteiger partial charge in [-0.25, -0.2) is 23.4 Å². The van der Waals surface area contributed by atoms with Crippen LogP contribution in [0.25, 0.3) is 22.3 Å². The number of halogens is 2. The molecule has 3 heterocycles. The molecular formula is C20H20F2N8. The number of rotatable bonds is 4. The maximum absolute atomic E-state index is 13.5. The zero-order chi connectivity index (χ0) is 20.7. The average molecular weight is 410 g/mol. The fourth-order valence-electron chi connectivity index (χ4n) is 3.83. The minimum absolute atomic E-state index is 0.0470. The number of nitrogens with zero attached hydrogens (tertiary/aromatic N) is 7. The van der Waals surface area contributed by atoms with E-state index in [4.69, 9.17) is 0 Å². The second-order valence-corrected chi connectivity index (χ2v) is 7.56. The largest absolute Gasteiger partial charge is 0.309 e. The highest BCUT2D eigenvalue weighted by Crippen LogP contribution is 2.39. The van der Waals surface area contributed by atoms with Crippen molar-refractivity contribution in [2.75, 3.05) is 5.32 Å². The van der Waals surface area contributed by atoms with Crippen LogP contribution in [-0.4, -0.2) is 40.7 Å². The smallest absolute Gasteiger partial charge is 0.248 e. The van der Waals surface area contributed by atoms with Crippen molar-refractivity contribution in [3.63, 3.8) is 0 Å². The summed E-state index contributed by atoms with van der Waals surface area (Å²) in [7, 11) is 1.83. The predicted molar refractivity (Wildman–Crippen MR) is 107 cm³/mol. The first-order valence-corrected chi connectivity index (χ1v) is 9.80. The van der Waals surface area contributed by atoms with E-state index < -0.39 is 5.92 Å². The van der Waals surface area contributed by atoms with Gasteiger partial charge in [0.15, 0.2) is 0 Å². The zero-order valence-electron chi connectivity index (χ0n) is 16.3. The standard InChI is InChI=1S/C20H20F2N8/c1-29-18(7-11-24-29)26-19-23-10-6-15(25-19)13-2-3-17-16(12-13)27-28-30(17)14-4-8-20(21,22)9-5-14/h2-3,6-7,10-12,14H,4-5,8-9H2,1H3,(H,23,25,26). The van der Waals surface area contributed by atoms with Crippen LogP contribution >= 0.6 is 0 Å². The number of nitrogens with one attached hydrogen (secondary N) is 1. The van der Waals surface area contributed by atoms with Crippen LogP contribution in [0, 0.1) is 0 Å². The van der Waals surface area contributed by atoms with Gasteiger partial charge in [0.1, 0.15) is 11.3 Å². The molecule has 3 aromatic heterocycles. The molecule has 5 rings (SSSR count).